The molecule has 1 fully saturated rings. The standard InChI is InChI=1S/C28H28N4O3/c1-20-5-2-7-23(17-20)30-28(35)31-24-8-3-6-22(18-24)19-29-26(33)15-12-21-10-13-25(14-11-21)32-16-4-9-27(32)34/h2-3,5-8,10-15,17-18H,4,9,16,19H2,1H3,(H,29,33)(H2,30,31,35). The predicted molar refractivity (Wildman–Crippen MR) is 139 cm³/mol. The Kier molecular flexibility index (Phi) is 7.57. The number of nitrogens with zero attached hydrogens (tertiary/aromatic N) is 1. The van der Waals surface area contributed by atoms with Crippen LogP contribution in [-0.4, -0.2) is 24.4 Å². The van der Waals surface area contributed by atoms with E-state index >= 15 is 0 Å². The summed E-state index contributed by atoms with van der Waals surface area (Å²) in [5.74, 6) is -0.0711. The molecule has 3 aromatic rings. The maximum absolute atomic E-state index is 12.3. The van der Waals surface area contributed by atoms with Crippen LogP contribution in [0.4, 0.5) is 21.9 Å². The first-order valence-corrected chi connectivity index (χ1v) is 11.6. The van der Waals surface area contributed by atoms with Crippen molar-refractivity contribution in [3.63, 3.8) is 0 Å². The predicted octanol–water partition coefficient (Wildman–Crippen LogP) is 5.10. The lowest BCUT2D eigenvalue weighted by molar-refractivity contribution is -0.117. The van der Waals surface area contributed by atoms with Gasteiger partial charge in [0.2, 0.25) is 11.8 Å². The lowest BCUT2D eigenvalue weighted by atomic mass is 10.1. The van der Waals surface area contributed by atoms with Gasteiger partial charge in [-0.15, -0.1) is 0 Å². The van der Waals surface area contributed by atoms with Gasteiger partial charge < -0.3 is 20.9 Å². The summed E-state index contributed by atoms with van der Waals surface area (Å²) in [7, 11) is 0. The van der Waals surface area contributed by atoms with E-state index in [0.717, 1.165) is 41.0 Å². The van der Waals surface area contributed by atoms with Gasteiger partial charge in [-0.3, -0.25) is 9.59 Å². The Morgan fingerprint density at radius 2 is 1.66 bits per heavy atom. The number of anilines is 3. The monoisotopic (exact) mass is 468 g/mol. The zero-order chi connectivity index (χ0) is 24.6. The molecule has 4 amide bonds. The fourth-order valence-corrected chi connectivity index (χ4v) is 3.88. The first-order valence-electron chi connectivity index (χ1n) is 11.6. The first-order chi connectivity index (χ1) is 17.0. The number of carbonyl (C=O) groups excluding carboxylic acids is 3. The van der Waals surface area contributed by atoms with Crippen LogP contribution in [0.25, 0.3) is 6.08 Å². The van der Waals surface area contributed by atoms with Gasteiger partial charge in [0.15, 0.2) is 0 Å². The largest absolute Gasteiger partial charge is 0.348 e. The molecule has 1 aliphatic heterocycles. The van der Waals surface area contributed by atoms with Crippen LogP contribution >= 0.6 is 0 Å². The van der Waals surface area contributed by atoms with Crippen LogP contribution in [0.15, 0.2) is 78.9 Å². The van der Waals surface area contributed by atoms with Gasteiger partial charge in [-0.05, 0) is 72.5 Å². The number of hydrogen-bond donors (Lipinski definition) is 3. The van der Waals surface area contributed by atoms with Gasteiger partial charge in [0.25, 0.3) is 0 Å². The molecule has 35 heavy (non-hydrogen) atoms. The molecular weight excluding hydrogens is 440 g/mol. The van der Waals surface area contributed by atoms with Crippen molar-refractivity contribution in [2.45, 2.75) is 26.3 Å². The van der Waals surface area contributed by atoms with Crippen molar-refractivity contribution in [2.75, 3.05) is 22.1 Å². The molecule has 1 aliphatic rings. The number of rotatable bonds is 7. The topological polar surface area (TPSA) is 90.5 Å². The zero-order valence-corrected chi connectivity index (χ0v) is 19.6. The van der Waals surface area contributed by atoms with Crippen molar-refractivity contribution in [2.24, 2.45) is 0 Å². The highest BCUT2D eigenvalue weighted by atomic mass is 16.2. The van der Waals surface area contributed by atoms with E-state index in [-0.39, 0.29) is 17.8 Å². The Balaban J connectivity index is 1.26. The summed E-state index contributed by atoms with van der Waals surface area (Å²) < 4.78 is 0. The van der Waals surface area contributed by atoms with Gasteiger partial charge in [-0.2, -0.15) is 0 Å². The van der Waals surface area contributed by atoms with Crippen LogP contribution in [0.3, 0.4) is 0 Å². The molecule has 0 aliphatic carbocycles. The number of nitrogens with one attached hydrogen (secondary N) is 3. The van der Waals surface area contributed by atoms with E-state index in [9.17, 15) is 14.4 Å². The molecule has 0 spiro atoms. The molecule has 4 rings (SSSR count). The van der Waals surface area contributed by atoms with Crippen molar-refractivity contribution in [3.05, 3.63) is 95.6 Å². The quantitative estimate of drug-likeness (QED) is 0.422. The van der Waals surface area contributed by atoms with Crippen LogP contribution in [-0.2, 0) is 16.1 Å². The minimum absolute atomic E-state index is 0.152. The molecule has 178 valence electrons. The van der Waals surface area contributed by atoms with Crippen LogP contribution in [0.5, 0.6) is 0 Å². The third-order valence-corrected chi connectivity index (χ3v) is 5.63. The minimum atomic E-state index is -0.333. The highest BCUT2D eigenvalue weighted by molar-refractivity contribution is 6.00. The lowest BCUT2D eigenvalue weighted by Gasteiger charge is -2.15. The number of benzene rings is 3. The first kappa shape index (κ1) is 23.8. The van der Waals surface area contributed by atoms with Gasteiger partial charge >= 0.3 is 6.03 Å². The fraction of sp³-hybridized carbons (Fsp3) is 0.179. The van der Waals surface area contributed by atoms with E-state index in [1.165, 1.54) is 6.08 Å². The number of carbonyl (C=O) groups is 3. The summed E-state index contributed by atoms with van der Waals surface area (Å²) in [5.41, 5.74) is 5.03. The summed E-state index contributed by atoms with van der Waals surface area (Å²) in [6, 6.07) is 22.1. The second kappa shape index (κ2) is 11.2. The Bertz CT molecular complexity index is 1250. The number of urea groups is 1. The van der Waals surface area contributed by atoms with Gasteiger partial charge in [-0.1, -0.05) is 36.4 Å². The van der Waals surface area contributed by atoms with E-state index in [4.69, 9.17) is 0 Å². The summed E-state index contributed by atoms with van der Waals surface area (Å²) in [6.07, 6.45) is 4.70. The van der Waals surface area contributed by atoms with Crippen molar-refractivity contribution >= 4 is 41.0 Å². The Morgan fingerprint density at radius 3 is 2.34 bits per heavy atom. The van der Waals surface area contributed by atoms with Crippen molar-refractivity contribution in [1.29, 1.82) is 0 Å². The molecule has 0 saturated carbocycles. The molecule has 3 N–H and O–H groups in total. The molecule has 7 nitrogen and oxygen atoms in total. The Morgan fingerprint density at radius 1 is 0.943 bits per heavy atom. The number of aryl methyl sites for hydroxylation is 1. The molecule has 7 heteroatoms. The summed E-state index contributed by atoms with van der Waals surface area (Å²) in [6.45, 7) is 3.04. The SMILES string of the molecule is Cc1cccc(NC(=O)Nc2cccc(CNC(=O)C=Cc3ccc(N4CCCC4=O)cc3)c2)c1. The van der Waals surface area contributed by atoms with Crippen molar-refractivity contribution < 1.29 is 14.4 Å². The highest BCUT2D eigenvalue weighted by Gasteiger charge is 2.21. The normalized spacial score (nSPS) is 13.2. The third-order valence-electron chi connectivity index (χ3n) is 5.63. The van der Waals surface area contributed by atoms with Crippen molar-refractivity contribution in [1.82, 2.24) is 5.32 Å². The van der Waals surface area contributed by atoms with E-state index in [2.05, 4.69) is 16.0 Å². The Labute approximate surface area is 204 Å². The lowest BCUT2D eigenvalue weighted by Crippen LogP contribution is -2.23. The summed E-state index contributed by atoms with van der Waals surface area (Å²) in [4.78, 5) is 38.2. The molecule has 0 atom stereocenters. The van der Waals surface area contributed by atoms with Crippen LogP contribution in [0.1, 0.15) is 29.5 Å². The highest BCUT2D eigenvalue weighted by Crippen LogP contribution is 2.22. The van der Waals surface area contributed by atoms with Gasteiger partial charge in [0, 0.05) is 42.6 Å². The summed E-state index contributed by atoms with van der Waals surface area (Å²) in [5, 5.41) is 8.47. The third kappa shape index (κ3) is 6.80. The fourth-order valence-electron chi connectivity index (χ4n) is 3.88. The van der Waals surface area contributed by atoms with E-state index in [0.29, 0.717) is 18.7 Å². The van der Waals surface area contributed by atoms with Crippen LogP contribution in [0.2, 0.25) is 0 Å². The molecule has 0 bridgehead atoms. The van der Waals surface area contributed by atoms with E-state index in [1.54, 1.807) is 17.0 Å². The molecular formula is C28H28N4O3. The molecule has 0 radical (unpaired) electrons. The van der Waals surface area contributed by atoms with Gasteiger partial charge in [0.1, 0.15) is 0 Å². The van der Waals surface area contributed by atoms with Gasteiger partial charge in [0.05, 0.1) is 0 Å². The van der Waals surface area contributed by atoms with E-state index < -0.39 is 0 Å². The van der Waals surface area contributed by atoms with E-state index in [1.807, 2.05) is 73.7 Å². The Hall–Kier alpha value is -4.39. The number of hydrogen-bond acceptors (Lipinski definition) is 3. The molecule has 0 unspecified atom stereocenters. The maximum Gasteiger partial charge on any atom is 0.323 e. The zero-order valence-electron chi connectivity index (χ0n) is 19.6. The average molecular weight is 469 g/mol. The molecule has 3 aromatic carbocycles. The minimum Gasteiger partial charge on any atom is -0.348 e. The van der Waals surface area contributed by atoms with Crippen LogP contribution in [0, 0.1) is 6.92 Å². The molecule has 1 saturated heterocycles. The van der Waals surface area contributed by atoms with Crippen molar-refractivity contribution in [3.8, 4) is 0 Å². The van der Waals surface area contributed by atoms with Crippen LogP contribution < -0.4 is 20.9 Å². The molecule has 1 heterocycles. The smallest absolute Gasteiger partial charge is 0.323 e. The molecule has 0 aromatic heterocycles. The second-order valence-corrected chi connectivity index (χ2v) is 8.44. The average Bonchev–Trinajstić information content (AvgIpc) is 3.27. The summed E-state index contributed by atoms with van der Waals surface area (Å²) >= 11 is 0. The second-order valence-electron chi connectivity index (χ2n) is 8.44. The van der Waals surface area contributed by atoms with Gasteiger partial charge in [-0.25, -0.2) is 4.79 Å². The number of amides is 4. The maximum atomic E-state index is 12.3.